The summed E-state index contributed by atoms with van der Waals surface area (Å²) in [6, 6.07) is 5.68. The van der Waals surface area contributed by atoms with Gasteiger partial charge in [0.25, 0.3) is 0 Å². The second-order valence-electron chi connectivity index (χ2n) is 6.78. The lowest BCUT2D eigenvalue weighted by Crippen LogP contribution is -2.26. The molecular weight excluding hydrogens is 377 g/mol. The molecule has 2 rings (SSSR count). The minimum absolute atomic E-state index is 0.0398. The normalized spacial score (nSPS) is 20.5. The molecule has 0 spiro atoms. The van der Waals surface area contributed by atoms with E-state index in [1.807, 2.05) is 18.2 Å². The molecule has 1 aromatic carbocycles. The van der Waals surface area contributed by atoms with Crippen molar-refractivity contribution >= 4 is 19.4 Å². The number of hydrogen-bond donors (Lipinski definition) is 3. The Kier molecular flexibility index (Phi) is 8.88. The molecule has 148 valence electrons. The second-order valence-corrected chi connectivity index (χ2v) is 8.43. The zero-order valence-corrected chi connectivity index (χ0v) is 16.8. The van der Waals surface area contributed by atoms with Crippen LogP contribution in [0.3, 0.4) is 0 Å². The fraction of sp³-hybridized carbons (Fsp3) is 0.667. The van der Waals surface area contributed by atoms with Gasteiger partial charge in [0.05, 0.1) is 6.61 Å². The molecule has 26 heavy (non-hydrogen) atoms. The molecule has 0 unspecified atom stereocenters. The lowest BCUT2D eigenvalue weighted by Gasteiger charge is -2.15. The molecule has 0 radical (unpaired) electrons. The van der Waals surface area contributed by atoms with Crippen molar-refractivity contribution in [1.29, 1.82) is 0 Å². The van der Waals surface area contributed by atoms with E-state index in [1.165, 1.54) is 25.7 Å². The first-order valence-corrected chi connectivity index (χ1v) is 11.2. The van der Waals surface area contributed by atoms with E-state index < -0.39 is 7.82 Å². The van der Waals surface area contributed by atoms with Gasteiger partial charge < -0.3 is 19.8 Å². The summed E-state index contributed by atoms with van der Waals surface area (Å²) in [5.41, 5.74) is 1.15. The fourth-order valence-electron chi connectivity index (χ4n) is 3.10. The Morgan fingerprint density at radius 2 is 2.04 bits per heavy atom. The fourth-order valence-corrected chi connectivity index (χ4v) is 3.74. The van der Waals surface area contributed by atoms with E-state index in [9.17, 15) is 4.57 Å². The highest BCUT2D eigenvalue weighted by atomic mass is 35.5. The third-order valence-corrected chi connectivity index (χ3v) is 5.34. The van der Waals surface area contributed by atoms with Crippen LogP contribution in [0, 0.1) is 0 Å². The van der Waals surface area contributed by atoms with Gasteiger partial charge in [-0.25, -0.2) is 4.57 Å². The number of nitrogens with one attached hydrogen (secondary N) is 1. The highest BCUT2D eigenvalue weighted by molar-refractivity contribution is 7.46. The molecule has 0 aromatic heterocycles. The maximum atomic E-state index is 10.8. The number of hydrogen-bond acceptors (Lipinski definition) is 4. The van der Waals surface area contributed by atoms with Crippen molar-refractivity contribution in [2.75, 3.05) is 13.2 Å². The summed E-state index contributed by atoms with van der Waals surface area (Å²) in [6.07, 6.45) is 7.72. The molecule has 1 aromatic rings. The van der Waals surface area contributed by atoms with Crippen LogP contribution >= 0.6 is 19.4 Å². The first-order chi connectivity index (χ1) is 12.4. The number of benzene rings is 1. The molecule has 1 saturated heterocycles. The Morgan fingerprint density at radius 3 is 2.73 bits per heavy atom. The number of unbranched alkanes of at least 4 members (excludes halogenated alkanes) is 4. The van der Waals surface area contributed by atoms with Crippen molar-refractivity contribution in [3.05, 3.63) is 28.8 Å². The van der Waals surface area contributed by atoms with E-state index in [0.717, 1.165) is 23.4 Å². The van der Waals surface area contributed by atoms with E-state index in [0.29, 0.717) is 18.7 Å². The van der Waals surface area contributed by atoms with Crippen LogP contribution in [0.1, 0.15) is 51.0 Å². The molecule has 1 fully saturated rings. The number of phosphoric acid groups is 1. The van der Waals surface area contributed by atoms with E-state index >= 15 is 0 Å². The van der Waals surface area contributed by atoms with Crippen molar-refractivity contribution in [1.82, 2.24) is 5.32 Å². The molecule has 0 saturated carbocycles. The van der Waals surface area contributed by atoms with Gasteiger partial charge in [0, 0.05) is 24.0 Å². The third kappa shape index (κ3) is 7.95. The first kappa shape index (κ1) is 21.7. The lowest BCUT2D eigenvalue weighted by molar-refractivity contribution is 0.173. The SMILES string of the molecule is CCCCCCCc1ccc(O[C@H]2CN[C@@H](COP(=O)(O)O)C2)cc1Cl. The summed E-state index contributed by atoms with van der Waals surface area (Å²) in [5, 5.41) is 3.87. The Morgan fingerprint density at radius 1 is 1.27 bits per heavy atom. The van der Waals surface area contributed by atoms with E-state index in [4.69, 9.17) is 26.1 Å². The molecule has 1 aliphatic heterocycles. The molecule has 1 aliphatic rings. The van der Waals surface area contributed by atoms with Crippen LogP contribution in [-0.2, 0) is 15.5 Å². The van der Waals surface area contributed by atoms with Gasteiger partial charge in [-0.15, -0.1) is 0 Å². The number of aryl methyl sites for hydroxylation is 1. The van der Waals surface area contributed by atoms with Crippen molar-refractivity contribution in [2.24, 2.45) is 0 Å². The second kappa shape index (κ2) is 10.6. The lowest BCUT2D eigenvalue weighted by atomic mass is 10.1. The average molecular weight is 406 g/mol. The maximum Gasteiger partial charge on any atom is 0.469 e. The van der Waals surface area contributed by atoms with Gasteiger partial charge in [-0.1, -0.05) is 50.3 Å². The number of halogens is 1. The standard InChI is InChI=1S/C18H29ClNO5P/c1-2-3-4-5-6-7-14-8-9-16(11-18(14)19)25-17-10-15(20-12-17)13-24-26(21,22)23/h8-9,11,15,17,20H,2-7,10,12-13H2,1H3,(H2,21,22,23)/t15-,17-/m1/s1. The number of phosphoric ester groups is 1. The van der Waals surface area contributed by atoms with Gasteiger partial charge in [-0.05, 0) is 30.5 Å². The maximum absolute atomic E-state index is 10.8. The van der Waals surface area contributed by atoms with Crippen molar-refractivity contribution < 1.29 is 23.6 Å². The monoisotopic (exact) mass is 405 g/mol. The summed E-state index contributed by atoms with van der Waals surface area (Å²) >= 11 is 6.38. The third-order valence-electron chi connectivity index (χ3n) is 4.50. The molecule has 1 heterocycles. The predicted octanol–water partition coefficient (Wildman–Crippen LogP) is 4.07. The van der Waals surface area contributed by atoms with Gasteiger partial charge in [-0.3, -0.25) is 4.52 Å². The first-order valence-electron chi connectivity index (χ1n) is 9.26. The van der Waals surface area contributed by atoms with Crippen LogP contribution < -0.4 is 10.1 Å². The molecule has 8 heteroatoms. The smallest absolute Gasteiger partial charge is 0.469 e. The average Bonchev–Trinajstić information content (AvgIpc) is 3.01. The van der Waals surface area contributed by atoms with Gasteiger partial charge >= 0.3 is 7.82 Å². The Balaban J connectivity index is 1.76. The Labute approximate surface area is 160 Å². The zero-order valence-electron chi connectivity index (χ0n) is 15.2. The topological polar surface area (TPSA) is 88.0 Å². The van der Waals surface area contributed by atoms with Crippen LogP contribution in [0.4, 0.5) is 0 Å². The minimum atomic E-state index is -4.43. The van der Waals surface area contributed by atoms with Crippen LogP contribution in [0.15, 0.2) is 18.2 Å². The van der Waals surface area contributed by atoms with E-state index in [1.54, 1.807) is 0 Å². The van der Waals surface area contributed by atoms with Crippen LogP contribution in [0.5, 0.6) is 5.75 Å². The zero-order chi connectivity index (χ0) is 19.0. The van der Waals surface area contributed by atoms with E-state index in [-0.39, 0.29) is 18.8 Å². The predicted molar refractivity (Wildman–Crippen MR) is 103 cm³/mol. The summed E-state index contributed by atoms with van der Waals surface area (Å²) in [6.45, 7) is 2.77. The van der Waals surface area contributed by atoms with Crippen LogP contribution in [-0.4, -0.2) is 35.1 Å². The van der Waals surface area contributed by atoms with Crippen molar-refractivity contribution in [2.45, 2.75) is 64.0 Å². The quantitative estimate of drug-likeness (QED) is 0.380. The highest BCUT2D eigenvalue weighted by Crippen LogP contribution is 2.36. The molecule has 3 N–H and O–H groups in total. The highest BCUT2D eigenvalue weighted by Gasteiger charge is 2.28. The van der Waals surface area contributed by atoms with E-state index in [2.05, 4.69) is 16.8 Å². The van der Waals surface area contributed by atoms with Gasteiger partial charge in [0.1, 0.15) is 11.9 Å². The van der Waals surface area contributed by atoms with Gasteiger partial charge in [0.15, 0.2) is 0 Å². The molecule has 0 amide bonds. The van der Waals surface area contributed by atoms with Crippen molar-refractivity contribution in [3.8, 4) is 5.75 Å². The van der Waals surface area contributed by atoms with Crippen LogP contribution in [0.25, 0.3) is 0 Å². The number of ether oxygens (including phenoxy) is 1. The summed E-state index contributed by atoms with van der Waals surface area (Å²) in [7, 11) is -4.43. The van der Waals surface area contributed by atoms with Gasteiger partial charge in [-0.2, -0.15) is 0 Å². The molecule has 6 nitrogen and oxygen atoms in total. The molecule has 2 atom stereocenters. The van der Waals surface area contributed by atoms with Crippen molar-refractivity contribution in [3.63, 3.8) is 0 Å². The summed E-state index contributed by atoms with van der Waals surface area (Å²) < 4.78 is 21.2. The summed E-state index contributed by atoms with van der Waals surface area (Å²) in [4.78, 5) is 17.5. The Bertz CT molecular complexity index is 609. The molecule has 0 aliphatic carbocycles. The number of rotatable bonds is 11. The van der Waals surface area contributed by atoms with Crippen LogP contribution in [0.2, 0.25) is 5.02 Å². The van der Waals surface area contributed by atoms with Gasteiger partial charge in [0.2, 0.25) is 0 Å². The Hall–Kier alpha value is -0.620. The summed E-state index contributed by atoms with van der Waals surface area (Å²) in [5.74, 6) is 0.716. The molecule has 0 bridgehead atoms. The minimum Gasteiger partial charge on any atom is -0.489 e. The molecular formula is C18H29ClNO5P. The largest absolute Gasteiger partial charge is 0.489 e.